The first-order chi connectivity index (χ1) is 9.51. The van der Waals surface area contributed by atoms with E-state index in [-0.39, 0.29) is 5.56 Å². The summed E-state index contributed by atoms with van der Waals surface area (Å²) in [5, 5.41) is 9.35. The zero-order valence-corrected chi connectivity index (χ0v) is 12.8. The number of carbonyl (C=O) groups is 1. The smallest absolute Gasteiger partial charge is 0.337 e. The van der Waals surface area contributed by atoms with Crippen molar-refractivity contribution >= 4 is 23.4 Å². The third-order valence-corrected chi connectivity index (χ3v) is 4.97. The molecule has 0 spiro atoms. The highest BCUT2D eigenvalue weighted by Crippen LogP contribution is 2.39. The van der Waals surface area contributed by atoms with Gasteiger partial charge in [0.1, 0.15) is 5.82 Å². The molecule has 4 nitrogen and oxygen atoms in total. The molecule has 2 heterocycles. The molecule has 0 atom stereocenters. The lowest BCUT2D eigenvalue weighted by atomic mass is 9.74. The summed E-state index contributed by atoms with van der Waals surface area (Å²) in [6.45, 7) is 6.37. The van der Waals surface area contributed by atoms with Gasteiger partial charge in [-0.2, -0.15) is 0 Å². The number of nitrogens with zero attached hydrogens (tertiary/aromatic N) is 2. The van der Waals surface area contributed by atoms with E-state index in [0.717, 1.165) is 25.9 Å². The van der Waals surface area contributed by atoms with Crippen LogP contribution in [0.1, 0.15) is 49.9 Å². The van der Waals surface area contributed by atoms with Crippen LogP contribution in [0.2, 0.25) is 5.02 Å². The van der Waals surface area contributed by atoms with Crippen molar-refractivity contribution in [3.05, 3.63) is 22.8 Å². The number of aromatic nitrogens is 1. The van der Waals surface area contributed by atoms with Crippen LogP contribution in [0.4, 0.5) is 5.82 Å². The Hall–Kier alpha value is -1.29. The highest BCUT2D eigenvalue weighted by atomic mass is 35.5. The number of hydrogen-bond acceptors (Lipinski definition) is 3. The third-order valence-electron chi connectivity index (χ3n) is 4.69. The highest BCUT2D eigenvalue weighted by Gasteiger charge is 2.32. The number of rotatable bonds is 4. The Bertz CT molecular complexity index is 491. The summed E-state index contributed by atoms with van der Waals surface area (Å²) in [6, 6.07) is 1.48. The van der Waals surface area contributed by atoms with Gasteiger partial charge in [-0.05, 0) is 24.3 Å². The fourth-order valence-corrected chi connectivity index (χ4v) is 3.22. The van der Waals surface area contributed by atoms with Gasteiger partial charge in [0.2, 0.25) is 0 Å². The maximum absolute atomic E-state index is 10.9. The van der Waals surface area contributed by atoms with Crippen LogP contribution in [0.3, 0.4) is 0 Å². The SMILES string of the molecule is CCC1(CC)CCN(c2ncc(C(=O)O)cc2Cl)CC1. The maximum atomic E-state index is 10.9. The highest BCUT2D eigenvalue weighted by molar-refractivity contribution is 6.33. The first kappa shape index (κ1) is 15.1. The van der Waals surface area contributed by atoms with Crippen LogP contribution >= 0.6 is 11.6 Å². The zero-order chi connectivity index (χ0) is 14.8. The first-order valence-corrected chi connectivity index (χ1v) is 7.53. The van der Waals surface area contributed by atoms with Crippen molar-refractivity contribution in [2.45, 2.75) is 39.5 Å². The minimum absolute atomic E-state index is 0.132. The van der Waals surface area contributed by atoms with Crippen LogP contribution in [-0.2, 0) is 0 Å². The molecule has 1 saturated heterocycles. The Morgan fingerprint density at radius 3 is 2.45 bits per heavy atom. The lowest BCUT2D eigenvalue weighted by Gasteiger charge is -2.41. The van der Waals surface area contributed by atoms with Gasteiger partial charge >= 0.3 is 5.97 Å². The predicted octanol–water partition coefficient (Wildman–Crippen LogP) is 3.84. The van der Waals surface area contributed by atoms with Crippen LogP contribution in [-0.4, -0.2) is 29.1 Å². The van der Waals surface area contributed by atoms with Crippen molar-refractivity contribution in [1.82, 2.24) is 4.98 Å². The lowest BCUT2D eigenvalue weighted by Crippen LogP contribution is -2.40. The molecular weight excluding hydrogens is 276 g/mol. The van der Waals surface area contributed by atoms with Gasteiger partial charge in [-0.25, -0.2) is 9.78 Å². The molecule has 0 unspecified atom stereocenters. The van der Waals surface area contributed by atoms with Gasteiger partial charge in [0.05, 0.1) is 10.6 Å². The van der Waals surface area contributed by atoms with E-state index in [2.05, 4.69) is 23.7 Å². The molecule has 0 bridgehead atoms. The second-order valence-electron chi connectivity index (χ2n) is 5.53. The summed E-state index contributed by atoms with van der Waals surface area (Å²) < 4.78 is 0. The topological polar surface area (TPSA) is 53.4 Å². The number of hydrogen-bond donors (Lipinski definition) is 1. The number of anilines is 1. The molecule has 110 valence electrons. The molecule has 1 aliphatic heterocycles. The number of carboxylic acids is 1. The van der Waals surface area contributed by atoms with Gasteiger partial charge in [0, 0.05) is 19.3 Å². The molecule has 1 N–H and O–H groups in total. The van der Waals surface area contributed by atoms with E-state index in [1.807, 2.05) is 0 Å². The monoisotopic (exact) mass is 296 g/mol. The summed E-state index contributed by atoms with van der Waals surface area (Å²) in [5.74, 6) is -0.293. The van der Waals surface area contributed by atoms with Crippen molar-refractivity contribution < 1.29 is 9.90 Å². The van der Waals surface area contributed by atoms with Crippen LogP contribution in [0.15, 0.2) is 12.3 Å². The molecule has 0 aromatic carbocycles. The standard InChI is InChI=1S/C15H21ClN2O2/c1-3-15(4-2)5-7-18(8-6-15)13-12(16)9-11(10-17-13)14(19)20/h9-10H,3-8H2,1-2H3,(H,19,20). The minimum atomic E-state index is -0.999. The Labute approximate surface area is 124 Å². The normalized spacial score (nSPS) is 18.1. The Morgan fingerprint density at radius 1 is 1.40 bits per heavy atom. The van der Waals surface area contributed by atoms with Gasteiger partial charge in [0.15, 0.2) is 0 Å². The molecule has 0 saturated carbocycles. The second kappa shape index (κ2) is 6.00. The number of pyridine rings is 1. The van der Waals surface area contributed by atoms with Crippen LogP contribution in [0.25, 0.3) is 0 Å². The average molecular weight is 297 g/mol. The number of piperidine rings is 1. The first-order valence-electron chi connectivity index (χ1n) is 7.15. The summed E-state index contributed by atoms with van der Waals surface area (Å²) >= 11 is 6.18. The van der Waals surface area contributed by atoms with E-state index in [0.29, 0.717) is 16.3 Å². The van der Waals surface area contributed by atoms with E-state index in [1.165, 1.54) is 25.1 Å². The Balaban J connectivity index is 2.13. The third kappa shape index (κ3) is 2.90. The van der Waals surface area contributed by atoms with Gasteiger partial charge in [-0.1, -0.05) is 38.3 Å². The van der Waals surface area contributed by atoms with Crippen molar-refractivity contribution in [1.29, 1.82) is 0 Å². The van der Waals surface area contributed by atoms with Crippen LogP contribution < -0.4 is 4.90 Å². The van der Waals surface area contributed by atoms with E-state index in [9.17, 15) is 4.79 Å². The molecule has 0 radical (unpaired) electrons. The number of carboxylic acid groups (broad SMARTS) is 1. The average Bonchev–Trinajstić information content (AvgIpc) is 2.47. The van der Waals surface area contributed by atoms with Gasteiger partial charge < -0.3 is 10.0 Å². The summed E-state index contributed by atoms with van der Waals surface area (Å²) in [6.07, 6.45) is 6.06. The molecule has 20 heavy (non-hydrogen) atoms. The van der Waals surface area contributed by atoms with Crippen LogP contribution in [0, 0.1) is 5.41 Å². The van der Waals surface area contributed by atoms with Crippen molar-refractivity contribution in [3.8, 4) is 0 Å². The predicted molar refractivity (Wildman–Crippen MR) is 80.7 cm³/mol. The van der Waals surface area contributed by atoms with E-state index < -0.39 is 5.97 Å². The number of aromatic carboxylic acids is 1. The molecular formula is C15H21ClN2O2. The molecule has 5 heteroatoms. The zero-order valence-electron chi connectivity index (χ0n) is 12.0. The van der Waals surface area contributed by atoms with Crippen molar-refractivity contribution in [3.63, 3.8) is 0 Å². The summed E-state index contributed by atoms with van der Waals surface area (Å²) in [4.78, 5) is 17.3. The van der Waals surface area contributed by atoms with Gasteiger partial charge in [-0.15, -0.1) is 0 Å². The number of halogens is 1. The van der Waals surface area contributed by atoms with Crippen LogP contribution in [0.5, 0.6) is 0 Å². The molecule has 1 aromatic heterocycles. The largest absolute Gasteiger partial charge is 0.478 e. The molecule has 2 rings (SSSR count). The summed E-state index contributed by atoms with van der Waals surface area (Å²) in [5.41, 5.74) is 0.580. The lowest BCUT2D eigenvalue weighted by molar-refractivity contribution is 0.0696. The second-order valence-corrected chi connectivity index (χ2v) is 5.94. The maximum Gasteiger partial charge on any atom is 0.337 e. The van der Waals surface area contributed by atoms with E-state index in [4.69, 9.17) is 16.7 Å². The van der Waals surface area contributed by atoms with E-state index >= 15 is 0 Å². The van der Waals surface area contributed by atoms with Crippen molar-refractivity contribution in [2.24, 2.45) is 5.41 Å². The molecule has 1 fully saturated rings. The van der Waals surface area contributed by atoms with Gasteiger partial charge in [-0.3, -0.25) is 0 Å². The van der Waals surface area contributed by atoms with Crippen molar-refractivity contribution in [2.75, 3.05) is 18.0 Å². The Morgan fingerprint density at radius 2 is 2.00 bits per heavy atom. The molecule has 0 aliphatic carbocycles. The molecule has 1 aromatic rings. The molecule has 1 aliphatic rings. The fraction of sp³-hybridized carbons (Fsp3) is 0.600. The summed E-state index contributed by atoms with van der Waals surface area (Å²) in [7, 11) is 0. The van der Waals surface area contributed by atoms with Gasteiger partial charge in [0.25, 0.3) is 0 Å². The van der Waals surface area contributed by atoms with E-state index in [1.54, 1.807) is 0 Å². The quantitative estimate of drug-likeness (QED) is 0.917. The minimum Gasteiger partial charge on any atom is -0.478 e. The molecule has 0 amide bonds. The fourth-order valence-electron chi connectivity index (χ4n) is 2.93. The Kier molecular flexibility index (Phi) is 4.53.